The van der Waals surface area contributed by atoms with Crippen molar-refractivity contribution in [1.29, 1.82) is 0 Å². The zero-order valence-corrected chi connectivity index (χ0v) is 61.6. The zero-order valence-electron chi connectivity index (χ0n) is 61.6. The van der Waals surface area contributed by atoms with Crippen molar-refractivity contribution in [2.24, 2.45) is 35.5 Å². The number of carbonyl (C=O) groups excluding carboxylic acids is 12. The van der Waals surface area contributed by atoms with Crippen molar-refractivity contribution >= 4 is 70.9 Å². The van der Waals surface area contributed by atoms with Crippen LogP contribution in [0.25, 0.3) is 0 Å². The van der Waals surface area contributed by atoms with Gasteiger partial charge in [-0.1, -0.05) is 45.3 Å². The first-order valence-corrected chi connectivity index (χ1v) is 36.4. The summed E-state index contributed by atoms with van der Waals surface area (Å²) in [4.78, 5) is 189. The SMILES string of the molecule is C#CC[C@H]1C(=O)N[C@@H]([C@@H](C)CC)C(=O)N(C)CC(=O)N(C)[C@H]2C/C=C\CCN(C2=O)[C@@H](CC2CCC(C(F)(F)F)CC2)C(=O)N(C)CC(=O)N[C@@H](CCC2CCC(C(F)(F)F)C(OC)C2)C(=O)N2CC[C@H]2C(=O)NC2(CCC2)C(=O)N(C)[C@@H](C2CCCC2)C(=O)N(C)[C@H](C(=O)N(C)C)CC(=O)N1C. The third kappa shape index (κ3) is 19.7. The second kappa shape index (κ2) is 35.5. The lowest BCUT2D eigenvalue weighted by Crippen LogP contribution is -2.70. The number of methoxy groups -OCH3 is 1. The number of terminal acetylenes is 1. The van der Waals surface area contributed by atoms with Crippen LogP contribution in [-0.2, 0) is 62.3 Å². The number of fused-ring (bicyclic) bond motifs is 3. The lowest BCUT2D eigenvalue weighted by molar-refractivity contribution is -0.215. The molecule has 12 amide bonds. The molecule has 576 valence electrons. The van der Waals surface area contributed by atoms with Gasteiger partial charge in [0.25, 0.3) is 0 Å². The Labute approximate surface area is 600 Å². The first-order valence-electron chi connectivity index (χ1n) is 36.4. The lowest BCUT2D eigenvalue weighted by Gasteiger charge is -2.48. The highest BCUT2D eigenvalue weighted by Crippen LogP contribution is 2.44. The molecule has 1 spiro atoms. The van der Waals surface area contributed by atoms with Gasteiger partial charge >= 0.3 is 12.4 Å². The summed E-state index contributed by atoms with van der Waals surface area (Å²) in [6, 6.07) is -10.9. The van der Waals surface area contributed by atoms with Crippen LogP contribution in [0.1, 0.15) is 162 Å². The molecule has 4 aliphatic carbocycles. The molecule has 0 aromatic carbocycles. The van der Waals surface area contributed by atoms with Gasteiger partial charge in [0.1, 0.15) is 53.9 Å². The summed E-state index contributed by atoms with van der Waals surface area (Å²) >= 11 is 0. The number of likely N-dealkylation sites (N-methyl/N-ethyl adjacent to an activating group) is 7. The van der Waals surface area contributed by atoms with Crippen molar-refractivity contribution in [1.82, 2.24) is 60.0 Å². The first kappa shape index (κ1) is 82.8. The third-order valence-corrected chi connectivity index (χ3v) is 23.2. The Morgan fingerprint density at radius 3 is 1.87 bits per heavy atom. The van der Waals surface area contributed by atoms with E-state index in [0.717, 1.165) is 24.5 Å². The van der Waals surface area contributed by atoms with E-state index in [1.54, 1.807) is 26.0 Å². The maximum absolute atomic E-state index is 15.3. The maximum Gasteiger partial charge on any atom is 0.394 e. The molecule has 3 N–H and O–H groups in total. The summed E-state index contributed by atoms with van der Waals surface area (Å²) in [5.41, 5.74) is -1.58. The molecular formula is C72H108F6N12O13. The van der Waals surface area contributed by atoms with E-state index in [-0.39, 0.29) is 116 Å². The number of alkyl halides is 6. The van der Waals surface area contributed by atoms with Crippen LogP contribution in [-0.4, -0.2) is 277 Å². The van der Waals surface area contributed by atoms with Crippen LogP contribution in [0.2, 0.25) is 0 Å². The van der Waals surface area contributed by atoms with Crippen LogP contribution in [0.5, 0.6) is 0 Å². The molecule has 3 aliphatic heterocycles. The molecule has 7 rings (SSSR count). The Bertz CT molecular complexity index is 3170. The smallest absolute Gasteiger partial charge is 0.381 e. The van der Waals surface area contributed by atoms with E-state index in [4.69, 9.17) is 11.2 Å². The highest BCUT2D eigenvalue weighted by atomic mass is 19.4. The molecular weight excluding hydrogens is 1350 g/mol. The summed E-state index contributed by atoms with van der Waals surface area (Å²) in [6.07, 6.45) is 0.855. The fraction of sp³-hybridized carbons (Fsp3) is 0.778. The predicted molar refractivity (Wildman–Crippen MR) is 365 cm³/mol. The molecule has 0 radical (unpaired) electrons. The number of hydrogen-bond acceptors (Lipinski definition) is 13. The average Bonchev–Trinajstić information content (AvgIpc) is 0.895. The van der Waals surface area contributed by atoms with Gasteiger partial charge < -0.3 is 64.8 Å². The fourth-order valence-corrected chi connectivity index (χ4v) is 16.1. The minimum atomic E-state index is -4.55. The molecule has 6 fully saturated rings. The number of nitrogens with zero attached hydrogens (tertiary/aromatic N) is 9. The molecule has 31 heteroatoms. The molecule has 3 heterocycles. The van der Waals surface area contributed by atoms with E-state index >= 15 is 24.0 Å². The normalized spacial score (nSPS) is 31.2. The van der Waals surface area contributed by atoms with E-state index in [1.165, 1.54) is 83.1 Å². The van der Waals surface area contributed by atoms with Gasteiger partial charge in [0.2, 0.25) is 70.9 Å². The highest BCUT2D eigenvalue weighted by molar-refractivity contribution is 6.01. The van der Waals surface area contributed by atoms with Gasteiger partial charge in [-0.2, -0.15) is 26.3 Å². The van der Waals surface area contributed by atoms with Gasteiger partial charge in [-0.05, 0) is 139 Å². The van der Waals surface area contributed by atoms with Crippen LogP contribution in [0.15, 0.2) is 12.2 Å². The Hall–Kier alpha value is -7.52. The Morgan fingerprint density at radius 2 is 1.31 bits per heavy atom. The van der Waals surface area contributed by atoms with Crippen molar-refractivity contribution in [3.8, 4) is 12.3 Å². The van der Waals surface area contributed by atoms with Crippen molar-refractivity contribution in [3.63, 3.8) is 0 Å². The monoisotopic (exact) mass is 1460 g/mol. The summed E-state index contributed by atoms with van der Waals surface area (Å²) in [6.45, 7) is 1.92. The molecule has 0 aromatic heterocycles. The fourth-order valence-electron chi connectivity index (χ4n) is 16.1. The molecule has 3 unspecified atom stereocenters. The molecule has 2 saturated heterocycles. The van der Waals surface area contributed by atoms with E-state index < -0.39 is 198 Å². The standard InChI is InChI=1S/C72H108F6N12O13/c1-13-21-50-61(94)80-59(43(3)14-2)67(100)84(7)42-58(93)86(9)52-24-16-15-19-36-89(66(52)99)54(38-44-25-29-47(30-26-44)71(73,74)75)65(98)83(6)41-56(91)79-49(32-28-45-27-31-48(72(76,77)78)55(39-45)103-12)63(96)90-37-33-51(90)62(95)81-70(34-20-35-70)69(102)88(11)60(46-22-17-18-23-46)68(101)87(10)53(64(97)82(4)5)40-57(92)85(50)8/h1,15-16,43-55,59-60H,14,17-42H2,2-12H3,(H,79,91)(H,80,94)(H,81,95)/b16-15-/t43-,44?,45?,47?,48?,49-,50-,51-,52-,53-,54-,55?,59-,60-/m0/s1. The summed E-state index contributed by atoms with van der Waals surface area (Å²) < 4.78 is 90.1. The van der Waals surface area contributed by atoms with E-state index in [0.29, 0.717) is 38.5 Å². The molecule has 7 aliphatic rings. The number of carbonyl (C=O) groups is 12. The van der Waals surface area contributed by atoms with Crippen LogP contribution in [0.3, 0.4) is 0 Å². The average molecular weight is 1460 g/mol. The van der Waals surface area contributed by atoms with Crippen molar-refractivity contribution in [2.45, 2.75) is 234 Å². The maximum atomic E-state index is 15.3. The molecule has 0 aromatic rings. The van der Waals surface area contributed by atoms with Crippen LogP contribution < -0.4 is 16.0 Å². The van der Waals surface area contributed by atoms with Gasteiger partial charge in [-0.25, -0.2) is 0 Å². The predicted octanol–water partition coefficient (Wildman–Crippen LogP) is 4.65. The van der Waals surface area contributed by atoms with Crippen LogP contribution in [0.4, 0.5) is 26.3 Å². The molecule has 4 saturated carbocycles. The molecule has 2 bridgehead atoms. The van der Waals surface area contributed by atoms with Crippen LogP contribution in [0, 0.1) is 47.9 Å². The molecule has 103 heavy (non-hydrogen) atoms. The minimum absolute atomic E-state index is 0.000624. The largest absolute Gasteiger partial charge is 0.394 e. The zero-order chi connectivity index (χ0) is 76.3. The Balaban J connectivity index is 1.28. The number of amides is 12. The van der Waals surface area contributed by atoms with Gasteiger partial charge in [0.15, 0.2) is 0 Å². The van der Waals surface area contributed by atoms with Gasteiger partial charge in [-0.15, -0.1) is 12.3 Å². The Kier molecular flexibility index (Phi) is 28.5. The summed E-state index contributed by atoms with van der Waals surface area (Å²) in [5.74, 6) is -12.0. The third-order valence-electron chi connectivity index (χ3n) is 23.2. The van der Waals surface area contributed by atoms with Crippen molar-refractivity contribution in [3.05, 3.63) is 12.2 Å². The Morgan fingerprint density at radius 1 is 0.670 bits per heavy atom. The van der Waals surface area contributed by atoms with Crippen molar-refractivity contribution < 1.29 is 88.6 Å². The van der Waals surface area contributed by atoms with Crippen LogP contribution >= 0.6 is 0 Å². The summed E-state index contributed by atoms with van der Waals surface area (Å²) in [7, 11) is 12.0. The van der Waals surface area contributed by atoms with E-state index in [9.17, 15) is 59.9 Å². The first-order chi connectivity index (χ1) is 48.4. The topological polar surface area (TPSA) is 279 Å². The molecule has 12 atom stereocenters. The van der Waals surface area contributed by atoms with Gasteiger partial charge in [0.05, 0.1) is 37.5 Å². The minimum Gasteiger partial charge on any atom is -0.381 e. The lowest BCUT2D eigenvalue weighted by atomic mass is 9.74. The summed E-state index contributed by atoms with van der Waals surface area (Å²) in [5, 5.41) is 8.43. The second-order valence-corrected chi connectivity index (χ2v) is 30.1. The van der Waals surface area contributed by atoms with Crippen molar-refractivity contribution in [2.75, 3.05) is 89.7 Å². The number of nitrogens with one attached hydrogen (secondary N) is 3. The number of rotatable bonds is 11. The second-order valence-electron chi connectivity index (χ2n) is 30.1. The van der Waals surface area contributed by atoms with Gasteiger partial charge in [0, 0.05) is 83.0 Å². The number of ether oxygens (including phenoxy) is 1. The number of hydrogen-bond donors (Lipinski definition) is 3. The van der Waals surface area contributed by atoms with E-state index in [1.807, 2.05) is 0 Å². The van der Waals surface area contributed by atoms with Gasteiger partial charge in [-0.3, -0.25) is 57.5 Å². The highest BCUT2D eigenvalue weighted by Gasteiger charge is 2.54. The van der Waals surface area contributed by atoms with E-state index in [2.05, 4.69) is 21.9 Å². The molecule has 25 nitrogen and oxygen atoms in total. The number of halogens is 6. The quantitative estimate of drug-likeness (QED) is 0.145.